The molecule has 0 radical (unpaired) electrons. The molecule has 2 aromatic carbocycles. The van der Waals surface area contributed by atoms with Crippen molar-refractivity contribution in [1.29, 1.82) is 0 Å². The number of carbonyl (C=O) groups is 1. The molecule has 5 heteroatoms. The molecule has 0 aromatic heterocycles. The molecule has 0 aliphatic carbocycles. The molecule has 0 heterocycles. The van der Waals surface area contributed by atoms with Gasteiger partial charge in [0, 0.05) is 6.26 Å². The number of ether oxygens (including phenoxy) is 1. The van der Waals surface area contributed by atoms with Crippen LogP contribution < -0.4 is 0 Å². The number of hydrogen-bond donors (Lipinski definition) is 0. The molecule has 0 saturated carbocycles. The zero-order valence-electron chi connectivity index (χ0n) is 13.4. The summed E-state index contributed by atoms with van der Waals surface area (Å²) < 4.78 is 28.3. The molecule has 2 rings (SSSR count). The summed E-state index contributed by atoms with van der Waals surface area (Å²) in [5, 5.41) is 0. The van der Waals surface area contributed by atoms with E-state index in [2.05, 4.69) is 13.8 Å². The molecule has 0 amide bonds. The van der Waals surface area contributed by atoms with Gasteiger partial charge >= 0.3 is 5.97 Å². The molecule has 4 nitrogen and oxygen atoms in total. The zero-order valence-corrected chi connectivity index (χ0v) is 14.3. The van der Waals surface area contributed by atoms with E-state index in [0.717, 1.165) is 11.8 Å². The minimum absolute atomic E-state index is 0.105. The molecule has 0 saturated heterocycles. The highest BCUT2D eigenvalue weighted by Gasteiger charge is 2.12. The Labute approximate surface area is 137 Å². The van der Waals surface area contributed by atoms with E-state index in [9.17, 15) is 13.2 Å². The second kappa shape index (κ2) is 6.96. The topological polar surface area (TPSA) is 60.4 Å². The van der Waals surface area contributed by atoms with Gasteiger partial charge in [0.15, 0.2) is 9.84 Å². The van der Waals surface area contributed by atoms with Crippen LogP contribution in [0, 0.1) is 0 Å². The fourth-order valence-electron chi connectivity index (χ4n) is 2.08. The van der Waals surface area contributed by atoms with Crippen molar-refractivity contribution in [2.45, 2.75) is 31.3 Å². The Bertz CT molecular complexity index is 790. The lowest BCUT2D eigenvalue weighted by Gasteiger charge is -2.08. The van der Waals surface area contributed by atoms with Gasteiger partial charge in [-0.25, -0.2) is 13.2 Å². The molecule has 122 valence electrons. The fourth-order valence-corrected chi connectivity index (χ4v) is 2.75. The number of sulfone groups is 1. The second-order valence-electron chi connectivity index (χ2n) is 5.77. The lowest BCUT2D eigenvalue weighted by atomic mass is 10.0. The van der Waals surface area contributed by atoms with Crippen LogP contribution in [0.3, 0.4) is 0 Å². The van der Waals surface area contributed by atoms with E-state index >= 15 is 0 Å². The Morgan fingerprint density at radius 3 is 2.30 bits per heavy atom. The maximum Gasteiger partial charge on any atom is 0.338 e. The summed E-state index contributed by atoms with van der Waals surface area (Å²) >= 11 is 0. The monoisotopic (exact) mass is 332 g/mol. The Kier molecular flexibility index (Phi) is 5.21. The van der Waals surface area contributed by atoms with Gasteiger partial charge in [-0.3, -0.25) is 0 Å². The summed E-state index contributed by atoms with van der Waals surface area (Å²) in [4.78, 5) is 12.2. The largest absolute Gasteiger partial charge is 0.457 e. The van der Waals surface area contributed by atoms with Crippen molar-refractivity contribution in [3.63, 3.8) is 0 Å². The van der Waals surface area contributed by atoms with Gasteiger partial charge in [0.05, 0.1) is 10.5 Å². The molecule has 0 aliphatic heterocycles. The molecule has 0 unspecified atom stereocenters. The van der Waals surface area contributed by atoms with Crippen molar-refractivity contribution in [2.24, 2.45) is 0 Å². The fraction of sp³-hybridized carbons (Fsp3) is 0.278. The summed E-state index contributed by atoms with van der Waals surface area (Å²) in [6, 6.07) is 13.7. The van der Waals surface area contributed by atoms with Crippen LogP contribution in [0.4, 0.5) is 0 Å². The third-order valence-corrected chi connectivity index (χ3v) is 4.62. The van der Waals surface area contributed by atoms with Crippen LogP contribution in [-0.4, -0.2) is 20.6 Å². The Morgan fingerprint density at radius 1 is 1.09 bits per heavy atom. The van der Waals surface area contributed by atoms with Crippen LogP contribution >= 0.6 is 0 Å². The van der Waals surface area contributed by atoms with Crippen LogP contribution in [-0.2, 0) is 21.2 Å². The summed E-state index contributed by atoms with van der Waals surface area (Å²) in [5.74, 6) is -0.0891. The lowest BCUT2D eigenvalue weighted by Crippen LogP contribution is -2.07. The first-order valence-corrected chi connectivity index (χ1v) is 9.22. The van der Waals surface area contributed by atoms with Gasteiger partial charge in [0.25, 0.3) is 0 Å². The first-order valence-electron chi connectivity index (χ1n) is 7.33. The molecular weight excluding hydrogens is 312 g/mol. The van der Waals surface area contributed by atoms with Crippen LogP contribution in [0.2, 0.25) is 0 Å². The number of rotatable bonds is 5. The van der Waals surface area contributed by atoms with Gasteiger partial charge in [0.2, 0.25) is 0 Å². The first kappa shape index (κ1) is 17.2. The zero-order chi connectivity index (χ0) is 17.0. The molecule has 0 atom stereocenters. The third-order valence-electron chi connectivity index (χ3n) is 3.51. The van der Waals surface area contributed by atoms with Crippen LogP contribution in [0.5, 0.6) is 0 Å². The van der Waals surface area contributed by atoms with Crippen LogP contribution in [0.25, 0.3) is 0 Å². The quantitative estimate of drug-likeness (QED) is 0.785. The van der Waals surface area contributed by atoms with Crippen LogP contribution in [0.15, 0.2) is 53.4 Å². The molecule has 23 heavy (non-hydrogen) atoms. The van der Waals surface area contributed by atoms with Gasteiger partial charge < -0.3 is 4.74 Å². The first-order chi connectivity index (χ1) is 10.8. The number of carbonyl (C=O) groups excluding carboxylic acids is 1. The van der Waals surface area contributed by atoms with Gasteiger partial charge in [0.1, 0.15) is 6.61 Å². The smallest absolute Gasteiger partial charge is 0.338 e. The Morgan fingerprint density at radius 2 is 1.74 bits per heavy atom. The normalized spacial score (nSPS) is 11.5. The lowest BCUT2D eigenvalue weighted by molar-refractivity contribution is 0.0472. The summed E-state index contributed by atoms with van der Waals surface area (Å²) in [6.07, 6.45) is 1.10. The molecule has 0 aliphatic rings. The predicted molar refractivity (Wildman–Crippen MR) is 89.2 cm³/mol. The molecule has 2 aromatic rings. The van der Waals surface area contributed by atoms with E-state index in [4.69, 9.17) is 4.74 Å². The summed E-state index contributed by atoms with van der Waals surface area (Å²) in [6.45, 7) is 4.38. The highest BCUT2D eigenvalue weighted by molar-refractivity contribution is 7.90. The predicted octanol–water partition coefficient (Wildman–Crippen LogP) is 3.57. The highest BCUT2D eigenvalue weighted by Crippen LogP contribution is 2.16. The number of hydrogen-bond acceptors (Lipinski definition) is 4. The molecule has 0 spiro atoms. The minimum Gasteiger partial charge on any atom is -0.457 e. The standard InChI is InChI=1S/C18H20O4S/c1-13(2)15-9-7-14(8-10-15)12-22-18(19)16-5-4-6-17(11-16)23(3,20)21/h4-11,13H,12H2,1-3H3. The average molecular weight is 332 g/mol. The maximum atomic E-state index is 12.1. The SMILES string of the molecule is CC(C)c1ccc(COC(=O)c2cccc(S(C)(=O)=O)c2)cc1. The molecule has 0 bridgehead atoms. The van der Waals surface area contributed by atoms with E-state index in [1.165, 1.54) is 23.8 Å². The van der Waals surface area contributed by atoms with Crippen molar-refractivity contribution < 1.29 is 17.9 Å². The average Bonchev–Trinajstić information content (AvgIpc) is 2.52. The number of benzene rings is 2. The minimum atomic E-state index is -3.35. The van der Waals surface area contributed by atoms with E-state index in [1.54, 1.807) is 6.07 Å². The summed E-state index contributed by atoms with van der Waals surface area (Å²) in [7, 11) is -3.35. The van der Waals surface area contributed by atoms with Crippen molar-refractivity contribution >= 4 is 15.8 Å². The van der Waals surface area contributed by atoms with Crippen molar-refractivity contribution in [1.82, 2.24) is 0 Å². The van der Waals surface area contributed by atoms with Crippen LogP contribution in [0.1, 0.15) is 41.3 Å². The van der Waals surface area contributed by atoms with E-state index in [0.29, 0.717) is 5.92 Å². The Hall–Kier alpha value is -2.14. The van der Waals surface area contributed by atoms with Gasteiger partial charge in [-0.1, -0.05) is 44.2 Å². The van der Waals surface area contributed by atoms with Crippen molar-refractivity contribution in [3.8, 4) is 0 Å². The maximum absolute atomic E-state index is 12.1. The Balaban J connectivity index is 2.05. The van der Waals surface area contributed by atoms with E-state index in [-0.39, 0.29) is 17.1 Å². The van der Waals surface area contributed by atoms with Gasteiger partial charge in [-0.05, 0) is 35.2 Å². The third kappa shape index (κ3) is 4.66. The second-order valence-corrected chi connectivity index (χ2v) is 7.79. The van der Waals surface area contributed by atoms with E-state index < -0.39 is 15.8 Å². The molecule has 0 fully saturated rings. The molecule has 0 N–H and O–H groups in total. The highest BCUT2D eigenvalue weighted by atomic mass is 32.2. The number of esters is 1. The van der Waals surface area contributed by atoms with Gasteiger partial charge in [-0.2, -0.15) is 0 Å². The van der Waals surface area contributed by atoms with Crippen molar-refractivity contribution in [3.05, 3.63) is 65.2 Å². The van der Waals surface area contributed by atoms with Gasteiger partial charge in [-0.15, -0.1) is 0 Å². The molecular formula is C18H20O4S. The van der Waals surface area contributed by atoms with E-state index in [1.807, 2.05) is 24.3 Å². The summed E-state index contributed by atoms with van der Waals surface area (Å²) in [5.41, 5.74) is 2.34. The van der Waals surface area contributed by atoms with Crippen molar-refractivity contribution in [2.75, 3.05) is 6.26 Å².